The van der Waals surface area contributed by atoms with Crippen molar-refractivity contribution < 1.29 is 23.4 Å². The van der Waals surface area contributed by atoms with E-state index in [1.807, 2.05) is 36.4 Å². The largest absolute Gasteiger partial charge is 0.497 e. The van der Waals surface area contributed by atoms with E-state index in [4.69, 9.17) is 30.8 Å². The summed E-state index contributed by atoms with van der Waals surface area (Å²) in [5.41, 5.74) is 3.00. The third-order valence-electron chi connectivity index (χ3n) is 4.84. The summed E-state index contributed by atoms with van der Waals surface area (Å²) in [4.78, 5) is 17.3. The number of ether oxygens (including phenoxy) is 3. The number of nitrogens with one attached hydrogen (secondary N) is 2. The van der Waals surface area contributed by atoms with Crippen LogP contribution in [0.4, 0.5) is 5.69 Å². The Hall–Kier alpha value is -4.11. The van der Waals surface area contributed by atoms with Gasteiger partial charge in [0.2, 0.25) is 5.89 Å². The number of thiocarbonyl (C=S) groups is 1. The Bertz CT molecular complexity index is 1310. The molecule has 1 heterocycles. The van der Waals surface area contributed by atoms with Gasteiger partial charge in [0.15, 0.2) is 10.7 Å². The van der Waals surface area contributed by atoms with Crippen LogP contribution in [0.15, 0.2) is 65.1 Å². The van der Waals surface area contributed by atoms with Crippen molar-refractivity contribution in [2.24, 2.45) is 0 Å². The summed E-state index contributed by atoms with van der Waals surface area (Å²) >= 11 is 5.33. The van der Waals surface area contributed by atoms with Crippen molar-refractivity contribution in [1.29, 1.82) is 0 Å². The molecule has 0 saturated heterocycles. The Morgan fingerprint density at radius 1 is 0.939 bits per heavy atom. The van der Waals surface area contributed by atoms with Gasteiger partial charge in [0.05, 0.1) is 21.3 Å². The molecule has 0 aliphatic carbocycles. The van der Waals surface area contributed by atoms with Gasteiger partial charge in [-0.05, 0) is 54.7 Å². The van der Waals surface area contributed by atoms with Crippen LogP contribution in [0, 0.1) is 0 Å². The molecule has 33 heavy (non-hydrogen) atoms. The highest BCUT2D eigenvalue weighted by atomic mass is 32.1. The number of anilines is 1. The minimum atomic E-state index is -0.453. The number of methoxy groups -OCH3 is 3. The predicted molar refractivity (Wildman–Crippen MR) is 129 cm³/mol. The number of aromatic nitrogens is 1. The number of oxazole rings is 1. The molecule has 1 aromatic heterocycles. The smallest absolute Gasteiger partial charge is 0.264 e. The summed E-state index contributed by atoms with van der Waals surface area (Å²) in [7, 11) is 4.56. The number of rotatable bonds is 6. The van der Waals surface area contributed by atoms with Gasteiger partial charge in [0.1, 0.15) is 28.3 Å². The van der Waals surface area contributed by atoms with Crippen LogP contribution in [0.25, 0.3) is 22.6 Å². The highest BCUT2D eigenvalue weighted by Gasteiger charge is 2.19. The first-order valence-corrected chi connectivity index (χ1v) is 10.3. The zero-order valence-electron chi connectivity index (χ0n) is 18.2. The Morgan fingerprint density at radius 2 is 1.67 bits per heavy atom. The van der Waals surface area contributed by atoms with E-state index in [1.54, 1.807) is 31.4 Å². The maximum Gasteiger partial charge on any atom is 0.264 e. The van der Waals surface area contributed by atoms with E-state index in [9.17, 15) is 4.79 Å². The molecule has 0 aliphatic heterocycles. The highest BCUT2D eigenvalue weighted by molar-refractivity contribution is 7.80. The van der Waals surface area contributed by atoms with E-state index in [-0.39, 0.29) is 10.7 Å². The molecule has 0 radical (unpaired) electrons. The SMILES string of the molecule is COc1ccc2oc(-c3cccc(NC(=S)NC(=O)c4c(OC)cccc4OC)c3)nc2c1. The van der Waals surface area contributed by atoms with E-state index >= 15 is 0 Å². The van der Waals surface area contributed by atoms with Gasteiger partial charge < -0.3 is 23.9 Å². The predicted octanol–water partition coefficient (Wildman–Crippen LogP) is 4.65. The quantitative estimate of drug-likeness (QED) is 0.399. The van der Waals surface area contributed by atoms with Crippen molar-refractivity contribution >= 4 is 40.0 Å². The molecule has 3 aromatic carbocycles. The van der Waals surface area contributed by atoms with Crippen LogP contribution < -0.4 is 24.8 Å². The number of carbonyl (C=O) groups is 1. The molecule has 8 nitrogen and oxygen atoms in total. The second kappa shape index (κ2) is 9.58. The summed E-state index contributed by atoms with van der Waals surface area (Å²) in [6.45, 7) is 0. The third kappa shape index (κ3) is 4.73. The van der Waals surface area contributed by atoms with Crippen molar-refractivity contribution in [2.45, 2.75) is 0 Å². The van der Waals surface area contributed by atoms with Gasteiger partial charge in [-0.2, -0.15) is 0 Å². The lowest BCUT2D eigenvalue weighted by molar-refractivity contribution is 0.0971. The van der Waals surface area contributed by atoms with Gasteiger partial charge in [0.25, 0.3) is 5.91 Å². The lowest BCUT2D eigenvalue weighted by Gasteiger charge is -2.14. The van der Waals surface area contributed by atoms with Crippen molar-refractivity contribution in [3.63, 3.8) is 0 Å². The van der Waals surface area contributed by atoms with Gasteiger partial charge in [-0.1, -0.05) is 12.1 Å². The fourth-order valence-corrected chi connectivity index (χ4v) is 3.50. The zero-order valence-corrected chi connectivity index (χ0v) is 19.0. The second-order valence-electron chi connectivity index (χ2n) is 6.88. The highest BCUT2D eigenvalue weighted by Crippen LogP contribution is 2.29. The zero-order chi connectivity index (χ0) is 23.4. The van der Waals surface area contributed by atoms with Gasteiger partial charge in [-0.25, -0.2) is 4.98 Å². The minimum Gasteiger partial charge on any atom is -0.497 e. The first kappa shape index (κ1) is 22.1. The first-order chi connectivity index (χ1) is 16.0. The van der Waals surface area contributed by atoms with Crippen LogP contribution in [0.2, 0.25) is 0 Å². The Kier molecular flexibility index (Phi) is 6.41. The standard InChI is InChI=1S/C24H21N3O5S/c1-29-16-10-11-18-17(13-16)26-23(32-18)14-6-4-7-15(12-14)25-24(33)27-22(28)21-19(30-2)8-5-9-20(21)31-3/h4-13H,1-3H3,(H2,25,27,28,33). The monoisotopic (exact) mass is 463 g/mol. The van der Waals surface area contributed by atoms with E-state index in [1.165, 1.54) is 14.2 Å². The van der Waals surface area contributed by atoms with Crippen molar-refractivity contribution in [2.75, 3.05) is 26.6 Å². The Morgan fingerprint density at radius 3 is 2.36 bits per heavy atom. The number of hydrogen-bond acceptors (Lipinski definition) is 7. The molecular formula is C24H21N3O5S. The fraction of sp³-hybridized carbons (Fsp3) is 0.125. The van der Waals surface area contributed by atoms with Crippen LogP contribution in [-0.2, 0) is 0 Å². The molecule has 4 rings (SSSR count). The Balaban J connectivity index is 1.51. The lowest BCUT2D eigenvalue weighted by Crippen LogP contribution is -2.34. The number of fused-ring (bicyclic) bond motifs is 1. The van der Waals surface area contributed by atoms with Crippen LogP contribution in [0.1, 0.15) is 10.4 Å². The van der Waals surface area contributed by atoms with Crippen LogP contribution >= 0.6 is 12.2 Å². The van der Waals surface area contributed by atoms with Gasteiger partial charge in [0, 0.05) is 17.3 Å². The molecule has 4 aromatic rings. The summed E-state index contributed by atoms with van der Waals surface area (Å²) < 4.78 is 21.7. The van der Waals surface area contributed by atoms with Gasteiger partial charge in [-0.3, -0.25) is 10.1 Å². The molecular weight excluding hydrogens is 442 g/mol. The molecule has 9 heteroatoms. The molecule has 0 unspecified atom stereocenters. The van der Waals surface area contributed by atoms with E-state index < -0.39 is 5.91 Å². The number of nitrogens with zero attached hydrogens (tertiary/aromatic N) is 1. The topological polar surface area (TPSA) is 94.9 Å². The molecule has 0 bridgehead atoms. The molecule has 1 amide bonds. The molecule has 2 N–H and O–H groups in total. The fourth-order valence-electron chi connectivity index (χ4n) is 3.29. The van der Waals surface area contributed by atoms with E-state index in [2.05, 4.69) is 15.6 Å². The molecule has 0 fully saturated rings. The van der Waals surface area contributed by atoms with Crippen molar-refractivity contribution in [3.8, 4) is 28.7 Å². The Labute approximate surface area is 195 Å². The summed E-state index contributed by atoms with van der Waals surface area (Å²) in [5, 5.41) is 5.78. The summed E-state index contributed by atoms with van der Waals surface area (Å²) in [5.74, 6) is 1.46. The normalized spacial score (nSPS) is 10.5. The number of carbonyl (C=O) groups excluding carboxylic acids is 1. The van der Waals surface area contributed by atoms with Crippen LogP contribution in [0.5, 0.6) is 17.2 Å². The second-order valence-corrected chi connectivity index (χ2v) is 7.29. The summed E-state index contributed by atoms with van der Waals surface area (Å²) in [6.07, 6.45) is 0. The van der Waals surface area contributed by atoms with E-state index in [0.717, 1.165) is 5.56 Å². The first-order valence-electron chi connectivity index (χ1n) is 9.90. The average molecular weight is 464 g/mol. The summed E-state index contributed by atoms with van der Waals surface area (Å²) in [6, 6.07) is 17.9. The molecule has 0 saturated carbocycles. The van der Waals surface area contributed by atoms with Gasteiger partial charge >= 0.3 is 0 Å². The van der Waals surface area contributed by atoms with E-state index in [0.29, 0.717) is 39.9 Å². The number of hydrogen-bond donors (Lipinski definition) is 2. The lowest BCUT2D eigenvalue weighted by atomic mass is 10.1. The third-order valence-corrected chi connectivity index (χ3v) is 5.05. The molecule has 168 valence electrons. The van der Waals surface area contributed by atoms with Crippen LogP contribution in [-0.4, -0.2) is 37.3 Å². The molecule has 0 atom stereocenters. The number of benzene rings is 3. The van der Waals surface area contributed by atoms with Crippen molar-refractivity contribution in [3.05, 3.63) is 66.2 Å². The van der Waals surface area contributed by atoms with Crippen LogP contribution in [0.3, 0.4) is 0 Å². The minimum absolute atomic E-state index is 0.118. The maximum atomic E-state index is 12.8. The number of amides is 1. The van der Waals surface area contributed by atoms with Crippen molar-refractivity contribution in [1.82, 2.24) is 10.3 Å². The molecule has 0 aliphatic rings. The maximum absolute atomic E-state index is 12.8. The average Bonchev–Trinajstić information content (AvgIpc) is 3.26. The van der Waals surface area contributed by atoms with Gasteiger partial charge in [-0.15, -0.1) is 0 Å². The molecule has 0 spiro atoms.